The van der Waals surface area contributed by atoms with Crippen molar-refractivity contribution in [2.45, 2.75) is 6.92 Å². The Labute approximate surface area is 158 Å². The first kappa shape index (κ1) is 18.7. The Kier molecular flexibility index (Phi) is 6.27. The minimum absolute atomic E-state index is 0.181. The summed E-state index contributed by atoms with van der Waals surface area (Å²) in [4.78, 5) is 26.2. The summed E-state index contributed by atoms with van der Waals surface area (Å²) in [5.74, 6) is -0.211. The summed E-state index contributed by atoms with van der Waals surface area (Å²) in [6.07, 6.45) is 0. The van der Waals surface area contributed by atoms with Crippen molar-refractivity contribution in [2.24, 2.45) is 0 Å². The smallest absolute Gasteiger partial charge is 0.276 e. The molecule has 0 atom stereocenters. The summed E-state index contributed by atoms with van der Waals surface area (Å²) >= 11 is 0. The summed E-state index contributed by atoms with van der Waals surface area (Å²) < 4.78 is 10.7. The summed E-state index contributed by atoms with van der Waals surface area (Å²) in [6.45, 7) is 4.85. The highest BCUT2D eigenvalue weighted by molar-refractivity contribution is 5.95. The molecule has 142 valence electrons. The van der Waals surface area contributed by atoms with Gasteiger partial charge < -0.3 is 14.4 Å². The van der Waals surface area contributed by atoms with Crippen LogP contribution >= 0.6 is 0 Å². The van der Waals surface area contributed by atoms with Crippen LogP contribution in [-0.2, 0) is 9.53 Å². The number of anilines is 1. The van der Waals surface area contributed by atoms with Crippen LogP contribution in [0.15, 0.2) is 48.5 Å². The number of carbonyl (C=O) groups is 2. The van der Waals surface area contributed by atoms with Crippen LogP contribution in [0.4, 0.5) is 5.69 Å². The lowest BCUT2D eigenvalue weighted by atomic mass is 10.2. The fraction of sp³-hybridized carbons (Fsp3) is 0.300. The number of benzene rings is 2. The van der Waals surface area contributed by atoms with E-state index >= 15 is 0 Å². The van der Waals surface area contributed by atoms with Gasteiger partial charge in [-0.05, 0) is 48.9 Å². The minimum atomic E-state index is -0.435. The zero-order chi connectivity index (χ0) is 19.1. The molecule has 2 N–H and O–H groups in total. The molecule has 2 amide bonds. The molecule has 2 aromatic rings. The normalized spacial score (nSPS) is 13.7. The van der Waals surface area contributed by atoms with Crippen molar-refractivity contribution in [1.29, 1.82) is 0 Å². The number of nitrogens with one attached hydrogen (secondary N) is 2. The van der Waals surface area contributed by atoms with Gasteiger partial charge in [-0.1, -0.05) is 12.1 Å². The molecular formula is C20H23N3O4. The second-order valence-corrected chi connectivity index (χ2v) is 6.25. The number of ether oxygens (including phenoxy) is 2. The molecule has 7 heteroatoms. The van der Waals surface area contributed by atoms with Gasteiger partial charge in [-0.15, -0.1) is 0 Å². The van der Waals surface area contributed by atoms with E-state index in [-0.39, 0.29) is 12.5 Å². The third-order valence-corrected chi connectivity index (χ3v) is 4.18. The zero-order valence-electron chi connectivity index (χ0n) is 15.2. The van der Waals surface area contributed by atoms with E-state index in [2.05, 4.69) is 15.8 Å². The Morgan fingerprint density at radius 1 is 1.07 bits per heavy atom. The lowest BCUT2D eigenvalue weighted by Gasteiger charge is -2.28. The second kappa shape index (κ2) is 9.05. The van der Waals surface area contributed by atoms with Crippen molar-refractivity contribution < 1.29 is 19.1 Å². The van der Waals surface area contributed by atoms with E-state index in [0.717, 1.165) is 24.3 Å². The fourth-order valence-corrected chi connectivity index (χ4v) is 2.73. The molecule has 1 saturated heterocycles. The predicted octanol–water partition coefficient (Wildman–Crippen LogP) is 1.67. The van der Waals surface area contributed by atoms with E-state index in [1.807, 2.05) is 37.3 Å². The molecule has 0 aromatic heterocycles. The quantitative estimate of drug-likeness (QED) is 0.784. The van der Waals surface area contributed by atoms with Crippen LogP contribution in [0.3, 0.4) is 0 Å². The number of nitrogens with zero attached hydrogens (tertiary/aromatic N) is 1. The largest absolute Gasteiger partial charge is 0.484 e. The average molecular weight is 369 g/mol. The van der Waals surface area contributed by atoms with Gasteiger partial charge in [0, 0.05) is 24.3 Å². The van der Waals surface area contributed by atoms with Crippen molar-refractivity contribution in [3.63, 3.8) is 0 Å². The maximum absolute atomic E-state index is 12.2. The van der Waals surface area contributed by atoms with Gasteiger partial charge in [-0.25, -0.2) is 0 Å². The fourth-order valence-electron chi connectivity index (χ4n) is 2.73. The molecule has 0 saturated carbocycles. The number of carbonyl (C=O) groups excluding carboxylic acids is 2. The number of hydrogen-bond donors (Lipinski definition) is 2. The molecule has 0 bridgehead atoms. The van der Waals surface area contributed by atoms with E-state index in [0.29, 0.717) is 24.5 Å². The van der Waals surface area contributed by atoms with Crippen LogP contribution in [0.25, 0.3) is 0 Å². The molecule has 0 unspecified atom stereocenters. The average Bonchev–Trinajstić information content (AvgIpc) is 2.71. The molecule has 1 aliphatic heterocycles. The van der Waals surface area contributed by atoms with Crippen LogP contribution in [0.1, 0.15) is 15.9 Å². The third-order valence-electron chi connectivity index (χ3n) is 4.18. The summed E-state index contributed by atoms with van der Waals surface area (Å²) in [5, 5.41) is 0. The van der Waals surface area contributed by atoms with Crippen LogP contribution < -0.4 is 20.5 Å². The number of morpholine rings is 1. The van der Waals surface area contributed by atoms with Crippen molar-refractivity contribution in [1.82, 2.24) is 10.9 Å². The Morgan fingerprint density at radius 3 is 2.52 bits per heavy atom. The summed E-state index contributed by atoms with van der Waals surface area (Å²) in [7, 11) is 0. The first-order chi connectivity index (χ1) is 13.1. The van der Waals surface area contributed by atoms with Crippen LogP contribution in [0.5, 0.6) is 5.75 Å². The van der Waals surface area contributed by atoms with Crippen LogP contribution in [0, 0.1) is 6.92 Å². The molecule has 1 heterocycles. The van der Waals surface area contributed by atoms with E-state index in [9.17, 15) is 9.59 Å². The maximum atomic E-state index is 12.2. The standard InChI is InChI=1S/C20H23N3O4/c1-15-3-2-4-18(13-15)27-14-19(24)21-22-20(25)16-5-7-17(8-6-16)23-9-11-26-12-10-23/h2-8,13H,9-12,14H2,1H3,(H,21,24)(H,22,25). The number of hydrazine groups is 1. The van der Waals surface area contributed by atoms with Gasteiger partial charge in [-0.3, -0.25) is 20.4 Å². The maximum Gasteiger partial charge on any atom is 0.276 e. The van der Waals surface area contributed by atoms with Gasteiger partial charge in [0.1, 0.15) is 5.75 Å². The topological polar surface area (TPSA) is 79.9 Å². The Balaban J connectivity index is 1.45. The first-order valence-corrected chi connectivity index (χ1v) is 8.83. The van der Waals surface area contributed by atoms with E-state index in [1.54, 1.807) is 18.2 Å². The third kappa shape index (κ3) is 5.46. The van der Waals surface area contributed by atoms with Crippen LogP contribution in [0.2, 0.25) is 0 Å². The van der Waals surface area contributed by atoms with Gasteiger partial charge in [0.05, 0.1) is 13.2 Å². The van der Waals surface area contributed by atoms with Crippen molar-refractivity contribution in [3.05, 3.63) is 59.7 Å². The van der Waals surface area contributed by atoms with E-state index in [1.165, 1.54) is 0 Å². The molecule has 1 aliphatic rings. The number of amides is 2. The van der Waals surface area contributed by atoms with E-state index in [4.69, 9.17) is 9.47 Å². The lowest BCUT2D eigenvalue weighted by Crippen LogP contribution is -2.43. The van der Waals surface area contributed by atoms with E-state index < -0.39 is 5.91 Å². The molecule has 7 nitrogen and oxygen atoms in total. The molecule has 27 heavy (non-hydrogen) atoms. The molecule has 0 radical (unpaired) electrons. The van der Waals surface area contributed by atoms with Crippen LogP contribution in [-0.4, -0.2) is 44.7 Å². The highest BCUT2D eigenvalue weighted by atomic mass is 16.5. The van der Waals surface area contributed by atoms with Gasteiger partial charge >= 0.3 is 0 Å². The molecule has 2 aromatic carbocycles. The molecular weight excluding hydrogens is 346 g/mol. The Hall–Kier alpha value is -3.06. The highest BCUT2D eigenvalue weighted by Gasteiger charge is 2.12. The monoisotopic (exact) mass is 369 g/mol. The van der Waals surface area contributed by atoms with Crippen molar-refractivity contribution >= 4 is 17.5 Å². The van der Waals surface area contributed by atoms with Gasteiger partial charge in [0.2, 0.25) is 0 Å². The predicted molar refractivity (Wildman–Crippen MR) is 102 cm³/mol. The number of aryl methyl sites for hydroxylation is 1. The molecule has 0 spiro atoms. The van der Waals surface area contributed by atoms with Crippen molar-refractivity contribution in [3.8, 4) is 5.75 Å². The summed E-state index contributed by atoms with van der Waals surface area (Å²) in [5.41, 5.74) is 7.30. The Morgan fingerprint density at radius 2 is 1.81 bits per heavy atom. The molecule has 1 fully saturated rings. The molecule has 0 aliphatic carbocycles. The SMILES string of the molecule is Cc1cccc(OCC(=O)NNC(=O)c2ccc(N3CCOCC3)cc2)c1. The van der Waals surface area contributed by atoms with Gasteiger partial charge in [0.15, 0.2) is 6.61 Å². The second-order valence-electron chi connectivity index (χ2n) is 6.25. The Bertz CT molecular complexity index is 786. The summed E-state index contributed by atoms with van der Waals surface area (Å²) in [6, 6.07) is 14.6. The lowest BCUT2D eigenvalue weighted by molar-refractivity contribution is -0.123. The van der Waals surface area contributed by atoms with Crippen molar-refractivity contribution in [2.75, 3.05) is 37.8 Å². The minimum Gasteiger partial charge on any atom is -0.484 e. The first-order valence-electron chi connectivity index (χ1n) is 8.83. The molecule has 3 rings (SSSR count). The van der Waals surface area contributed by atoms with Gasteiger partial charge in [0.25, 0.3) is 11.8 Å². The number of hydrogen-bond acceptors (Lipinski definition) is 5. The zero-order valence-corrected chi connectivity index (χ0v) is 15.2. The highest BCUT2D eigenvalue weighted by Crippen LogP contribution is 2.16. The number of rotatable bonds is 5. The van der Waals surface area contributed by atoms with Gasteiger partial charge in [-0.2, -0.15) is 0 Å².